The Labute approximate surface area is 121 Å². The molecule has 0 atom stereocenters. The van der Waals surface area contributed by atoms with Gasteiger partial charge in [-0.25, -0.2) is 0 Å². The number of rotatable bonds is 6. The Morgan fingerprint density at radius 3 is 2.30 bits per heavy atom. The van der Waals surface area contributed by atoms with E-state index in [2.05, 4.69) is 41.1 Å². The monoisotopic (exact) mass is 276 g/mol. The number of piperazine rings is 1. The summed E-state index contributed by atoms with van der Waals surface area (Å²) in [5, 5.41) is 8.63. The molecule has 4 nitrogen and oxygen atoms in total. The van der Waals surface area contributed by atoms with Crippen molar-refractivity contribution in [2.75, 3.05) is 33.2 Å². The van der Waals surface area contributed by atoms with Gasteiger partial charge in [-0.3, -0.25) is 9.69 Å². The zero-order valence-corrected chi connectivity index (χ0v) is 12.2. The summed E-state index contributed by atoms with van der Waals surface area (Å²) >= 11 is 0. The normalized spacial score (nSPS) is 17.2. The third-order valence-corrected chi connectivity index (χ3v) is 3.88. The lowest BCUT2D eigenvalue weighted by Crippen LogP contribution is -2.43. The van der Waals surface area contributed by atoms with Gasteiger partial charge in [-0.1, -0.05) is 24.3 Å². The van der Waals surface area contributed by atoms with E-state index in [9.17, 15) is 4.79 Å². The minimum atomic E-state index is -0.711. The second kappa shape index (κ2) is 7.41. The predicted octanol–water partition coefficient (Wildman–Crippen LogP) is 1.84. The number of benzene rings is 1. The summed E-state index contributed by atoms with van der Waals surface area (Å²) in [5.41, 5.74) is 2.57. The van der Waals surface area contributed by atoms with Crippen LogP contribution in [0.2, 0.25) is 0 Å². The number of hydrogen-bond donors (Lipinski definition) is 1. The number of carboxylic acids is 1. The number of aliphatic carboxylic acids is 1. The number of carbonyl (C=O) groups is 1. The van der Waals surface area contributed by atoms with Gasteiger partial charge in [0.1, 0.15) is 0 Å². The molecule has 0 aromatic heterocycles. The molecule has 1 N–H and O–H groups in total. The number of likely N-dealkylation sites (N-methyl/N-ethyl adjacent to an activating group) is 1. The van der Waals surface area contributed by atoms with Gasteiger partial charge in [-0.15, -0.1) is 0 Å². The first-order valence-electron chi connectivity index (χ1n) is 7.34. The maximum atomic E-state index is 10.5. The van der Waals surface area contributed by atoms with Crippen LogP contribution in [0.4, 0.5) is 0 Å². The molecular weight excluding hydrogens is 252 g/mol. The highest BCUT2D eigenvalue weighted by Gasteiger charge is 2.13. The highest BCUT2D eigenvalue weighted by molar-refractivity contribution is 5.66. The minimum absolute atomic E-state index is 0.253. The molecule has 1 aliphatic heterocycles. The standard InChI is InChI=1S/C16H24N2O2/c1-17-9-11-18(12-10-17)13-15-7-5-14(6-8-15)3-2-4-16(19)20/h5-8H,2-4,9-13H2,1H3,(H,19,20). The Hall–Kier alpha value is -1.39. The van der Waals surface area contributed by atoms with Gasteiger partial charge in [0.05, 0.1) is 0 Å². The quantitative estimate of drug-likeness (QED) is 0.861. The van der Waals surface area contributed by atoms with Gasteiger partial charge in [-0.05, 0) is 31.0 Å². The fourth-order valence-corrected chi connectivity index (χ4v) is 2.52. The van der Waals surface area contributed by atoms with Crippen LogP contribution in [-0.2, 0) is 17.8 Å². The van der Waals surface area contributed by atoms with Crippen molar-refractivity contribution in [2.45, 2.75) is 25.8 Å². The number of carboxylic acid groups (broad SMARTS) is 1. The Balaban J connectivity index is 1.77. The fraction of sp³-hybridized carbons (Fsp3) is 0.562. The Bertz CT molecular complexity index is 423. The first kappa shape index (κ1) is 15.0. The third-order valence-electron chi connectivity index (χ3n) is 3.88. The number of aryl methyl sites for hydroxylation is 1. The van der Waals surface area contributed by atoms with Gasteiger partial charge in [0.15, 0.2) is 0 Å². The molecule has 20 heavy (non-hydrogen) atoms. The second-order valence-electron chi connectivity index (χ2n) is 5.64. The lowest BCUT2D eigenvalue weighted by Gasteiger charge is -2.32. The van der Waals surface area contributed by atoms with Crippen LogP contribution in [0.15, 0.2) is 24.3 Å². The molecule has 1 aliphatic rings. The van der Waals surface area contributed by atoms with Crippen LogP contribution in [0.25, 0.3) is 0 Å². The smallest absolute Gasteiger partial charge is 0.303 e. The predicted molar refractivity (Wildman–Crippen MR) is 79.8 cm³/mol. The largest absolute Gasteiger partial charge is 0.481 e. The van der Waals surface area contributed by atoms with E-state index in [4.69, 9.17) is 5.11 Å². The molecule has 0 radical (unpaired) electrons. The van der Waals surface area contributed by atoms with E-state index < -0.39 is 5.97 Å². The summed E-state index contributed by atoms with van der Waals surface area (Å²) in [6.07, 6.45) is 1.82. The Morgan fingerprint density at radius 1 is 1.10 bits per heavy atom. The molecule has 1 heterocycles. The van der Waals surface area contributed by atoms with E-state index in [-0.39, 0.29) is 6.42 Å². The molecule has 1 fully saturated rings. The Morgan fingerprint density at radius 2 is 1.70 bits per heavy atom. The lowest BCUT2D eigenvalue weighted by atomic mass is 10.1. The molecule has 0 spiro atoms. The van der Waals surface area contributed by atoms with E-state index >= 15 is 0 Å². The van der Waals surface area contributed by atoms with Gasteiger partial charge in [-0.2, -0.15) is 0 Å². The van der Waals surface area contributed by atoms with Crippen molar-refractivity contribution in [3.63, 3.8) is 0 Å². The average Bonchev–Trinajstić information content (AvgIpc) is 2.43. The maximum absolute atomic E-state index is 10.5. The molecule has 0 aliphatic carbocycles. The SMILES string of the molecule is CN1CCN(Cc2ccc(CCCC(=O)O)cc2)CC1. The van der Waals surface area contributed by atoms with E-state index in [1.54, 1.807) is 0 Å². The second-order valence-corrected chi connectivity index (χ2v) is 5.64. The number of nitrogens with zero attached hydrogens (tertiary/aromatic N) is 2. The third kappa shape index (κ3) is 4.94. The molecule has 0 bridgehead atoms. The van der Waals surface area contributed by atoms with Crippen molar-refractivity contribution < 1.29 is 9.90 Å². The van der Waals surface area contributed by atoms with Crippen molar-refractivity contribution >= 4 is 5.97 Å². The maximum Gasteiger partial charge on any atom is 0.303 e. The topological polar surface area (TPSA) is 43.8 Å². The van der Waals surface area contributed by atoms with Crippen molar-refractivity contribution in [2.24, 2.45) is 0 Å². The summed E-state index contributed by atoms with van der Waals surface area (Å²) in [7, 11) is 2.17. The summed E-state index contributed by atoms with van der Waals surface area (Å²) in [4.78, 5) is 15.3. The zero-order valence-electron chi connectivity index (χ0n) is 12.2. The molecule has 2 rings (SSSR count). The van der Waals surface area contributed by atoms with E-state index in [0.29, 0.717) is 6.42 Å². The van der Waals surface area contributed by atoms with Crippen molar-refractivity contribution in [1.29, 1.82) is 0 Å². The molecule has 4 heteroatoms. The minimum Gasteiger partial charge on any atom is -0.481 e. The molecule has 0 saturated carbocycles. The van der Waals surface area contributed by atoms with Crippen LogP contribution < -0.4 is 0 Å². The van der Waals surface area contributed by atoms with Crippen LogP contribution >= 0.6 is 0 Å². The molecule has 1 aromatic rings. The van der Waals surface area contributed by atoms with Crippen molar-refractivity contribution in [3.05, 3.63) is 35.4 Å². The lowest BCUT2D eigenvalue weighted by molar-refractivity contribution is -0.137. The molecule has 1 saturated heterocycles. The van der Waals surface area contributed by atoms with Gasteiger partial charge in [0.2, 0.25) is 0 Å². The van der Waals surface area contributed by atoms with Crippen LogP contribution in [0, 0.1) is 0 Å². The highest BCUT2D eigenvalue weighted by atomic mass is 16.4. The van der Waals surface area contributed by atoms with E-state index in [1.807, 2.05) is 0 Å². The Kier molecular flexibility index (Phi) is 5.56. The summed E-state index contributed by atoms with van der Waals surface area (Å²) in [6, 6.07) is 8.61. The highest BCUT2D eigenvalue weighted by Crippen LogP contribution is 2.11. The van der Waals surface area contributed by atoms with Gasteiger partial charge in [0.25, 0.3) is 0 Å². The van der Waals surface area contributed by atoms with E-state index in [0.717, 1.165) is 39.1 Å². The van der Waals surface area contributed by atoms with Gasteiger partial charge < -0.3 is 10.0 Å². The molecule has 0 unspecified atom stereocenters. The summed E-state index contributed by atoms with van der Waals surface area (Å²) < 4.78 is 0. The van der Waals surface area contributed by atoms with Gasteiger partial charge >= 0.3 is 5.97 Å². The summed E-state index contributed by atoms with van der Waals surface area (Å²) in [6.45, 7) is 5.58. The molecule has 1 aromatic carbocycles. The van der Waals surface area contributed by atoms with Crippen molar-refractivity contribution in [3.8, 4) is 0 Å². The first-order valence-corrected chi connectivity index (χ1v) is 7.34. The molecule has 110 valence electrons. The number of hydrogen-bond acceptors (Lipinski definition) is 3. The van der Waals surface area contributed by atoms with E-state index in [1.165, 1.54) is 11.1 Å². The molecular formula is C16H24N2O2. The van der Waals surface area contributed by atoms with Gasteiger partial charge in [0, 0.05) is 39.1 Å². The molecule has 0 amide bonds. The van der Waals surface area contributed by atoms with Crippen LogP contribution in [0.5, 0.6) is 0 Å². The first-order chi connectivity index (χ1) is 9.63. The van der Waals surface area contributed by atoms with Crippen LogP contribution in [0.1, 0.15) is 24.0 Å². The fourth-order valence-electron chi connectivity index (χ4n) is 2.52. The average molecular weight is 276 g/mol. The van der Waals surface area contributed by atoms with Crippen LogP contribution in [0.3, 0.4) is 0 Å². The zero-order chi connectivity index (χ0) is 14.4. The van der Waals surface area contributed by atoms with Crippen molar-refractivity contribution in [1.82, 2.24) is 9.80 Å². The summed E-state index contributed by atoms with van der Waals surface area (Å²) in [5.74, 6) is -0.711. The van der Waals surface area contributed by atoms with Crippen LogP contribution in [-0.4, -0.2) is 54.1 Å².